The van der Waals surface area contributed by atoms with Gasteiger partial charge in [0.25, 0.3) is 10.2 Å². The van der Waals surface area contributed by atoms with Gasteiger partial charge in [0, 0.05) is 52.9 Å². The smallest absolute Gasteiger partial charge is 0.281 e. The number of aromatic nitrogens is 4. The van der Waals surface area contributed by atoms with E-state index in [4.69, 9.17) is 0 Å². The van der Waals surface area contributed by atoms with E-state index in [1.807, 2.05) is 22.9 Å². The van der Waals surface area contributed by atoms with Crippen molar-refractivity contribution in [2.75, 3.05) is 53.4 Å². The minimum Gasteiger partial charge on any atom is -0.299 e. The molecule has 1 aliphatic carbocycles. The van der Waals surface area contributed by atoms with E-state index in [-0.39, 0.29) is 5.54 Å². The summed E-state index contributed by atoms with van der Waals surface area (Å²) in [6.45, 7) is 5.63. The van der Waals surface area contributed by atoms with E-state index in [1.165, 1.54) is 23.6 Å². The molecule has 35 heavy (non-hydrogen) atoms. The van der Waals surface area contributed by atoms with Crippen LogP contribution < -0.4 is 0 Å². The molecule has 3 aliphatic rings. The SMILES string of the molecule is CN(C)S(=O)(=O)N1CCC(c2nnnn2Cc2ccccc2)(N2CCCN(C3CCC3)CC2)CC1. The molecule has 2 saturated heterocycles. The van der Waals surface area contributed by atoms with Crippen LogP contribution in [-0.4, -0.2) is 106 Å². The van der Waals surface area contributed by atoms with Crippen molar-refractivity contribution in [2.24, 2.45) is 0 Å². The first kappa shape index (κ1) is 24.8. The summed E-state index contributed by atoms with van der Waals surface area (Å²) in [5.74, 6) is 0.861. The molecule has 11 heteroatoms. The molecule has 0 spiro atoms. The summed E-state index contributed by atoms with van der Waals surface area (Å²) in [6, 6.07) is 11.0. The molecule has 192 valence electrons. The molecule has 0 bridgehead atoms. The highest BCUT2D eigenvalue weighted by Gasteiger charge is 2.48. The maximum Gasteiger partial charge on any atom is 0.281 e. The van der Waals surface area contributed by atoms with E-state index in [9.17, 15) is 8.42 Å². The Labute approximate surface area is 209 Å². The molecule has 1 aromatic carbocycles. The summed E-state index contributed by atoms with van der Waals surface area (Å²) < 4.78 is 30.6. The second-order valence-corrected chi connectivity index (χ2v) is 12.5. The number of nitrogens with zero attached hydrogens (tertiary/aromatic N) is 8. The molecule has 0 radical (unpaired) electrons. The highest BCUT2D eigenvalue weighted by Crippen LogP contribution is 2.40. The molecule has 0 N–H and O–H groups in total. The Morgan fingerprint density at radius 2 is 1.71 bits per heavy atom. The van der Waals surface area contributed by atoms with Gasteiger partial charge in [-0.2, -0.15) is 17.0 Å². The number of hydrogen-bond donors (Lipinski definition) is 0. The van der Waals surface area contributed by atoms with Gasteiger partial charge in [-0.3, -0.25) is 9.80 Å². The number of piperidine rings is 1. The van der Waals surface area contributed by atoms with Crippen LogP contribution in [0.15, 0.2) is 30.3 Å². The fourth-order valence-electron chi connectivity index (χ4n) is 5.88. The number of hydrogen-bond acceptors (Lipinski definition) is 7. The van der Waals surface area contributed by atoms with Gasteiger partial charge in [0.15, 0.2) is 5.82 Å². The lowest BCUT2D eigenvalue weighted by atomic mass is 9.85. The Bertz CT molecular complexity index is 1080. The first-order chi connectivity index (χ1) is 16.9. The molecule has 0 atom stereocenters. The molecule has 3 heterocycles. The lowest BCUT2D eigenvalue weighted by Gasteiger charge is -2.47. The molecule has 0 unspecified atom stereocenters. The van der Waals surface area contributed by atoms with Gasteiger partial charge >= 0.3 is 0 Å². The van der Waals surface area contributed by atoms with Crippen molar-refractivity contribution in [3.05, 3.63) is 41.7 Å². The first-order valence-electron chi connectivity index (χ1n) is 12.9. The van der Waals surface area contributed by atoms with Crippen molar-refractivity contribution >= 4 is 10.2 Å². The Hall–Kier alpha value is -1.92. The van der Waals surface area contributed by atoms with Crippen LogP contribution in [0.5, 0.6) is 0 Å². The molecule has 5 rings (SSSR count). The highest BCUT2D eigenvalue weighted by atomic mass is 32.2. The van der Waals surface area contributed by atoms with Crippen molar-refractivity contribution in [3.63, 3.8) is 0 Å². The molecule has 1 aromatic heterocycles. The van der Waals surface area contributed by atoms with E-state index in [0.717, 1.165) is 50.0 Å². The van der Waals surface area contributed by atoms with Gasteiger partial charge in [-0.1, -0.05) is 36.8 Å². The summed E-state index contributed by atoms with van der Waals surface area (Å²) in [6.07, 6.45) is 6.45. The van der Waals surface area contributed by atoms with E-state index in [1.54, 1.807) is 18.4 Å². The standard InChI is InChI=1S/C24H38N8O2S/c1-28(2)35(33,34)31-16-12-24(13-17-31,30-15-7-14-29(18-19-30)22-10-6-11-22)23-25-26-27-32(23)20-21-8-4-3-5-9-21/h3-5,8-9,22H,6-7,10-20H2,1-2H3. The first-order valence-corrected chi connectivity index (χ1v) is 14.3. The number of benzene rings is 1. The predicted molar refractivity (Wildman–Crippen MR) is 134 cm³/mol. The second kappa shape index (κ2) is 10.2. The Morgan fingerprint density at radius 3 is 2.37 bits per heavy atom. The van der Waals surface area contributed by atoms with Crippen LogP contribution in [0.3, 0.4) is 0 Å². The fraction of sp³-hybridized carbons (Fsp3) is 0.708. The van der Waals surface area contributed by atoms with Gasteiger partial charge in [0.05, 0.1) is 12.1 Å². The van der Waals surface area contributed by atoms with Crippen LogP contribution >= 0.6 is 0 Å². The topological polar surface area (TPSA) is 90.7 Å². The summed E-state index contributed by atoms with van der Waals surface area (Å²) >= 11 is 0. The van der Waals surface area contributed by atoms with Gasteiger partial charge < -0.3 is 0 Å². The largest absolute Gasteiger partial charge is 0.299 e. The van der Waals surface area contributed by atoms with Crippen LogP contribution in [0.25, 0.3) is 0 Å². The van der Waals surface area contributed by atoms with Gasteiger partial charge in [-0.25, -0.2) is 4.68 Å². The van der Waals surface area contributed by atoms with Crippen molar-refractivity contribution in [3.8, 4) is 0 Å². The zero-order valence-electron chi connectivity index (χ0n) is 21.0. The van der Waals surface area contributed by atoms with Crippen LogP contribution in [0, 0.1) is 0 Å². The van der Waals surface area contributed by atoms with Crippen LogP contribution in [0.1, 0.15) is 49.9 Å². The number of tetrazole rings is 1. The van der Waals surface area contributed by atoms with Gasteiger partial charge in [-0.15, -0.1) is 5.10 Å². The Morgan fingerprint density at radius 1 is 0.971 bits per heavy atom. The van der Waals surface area contributed by atoms with E-state index in [0.29, 0.717) is 32.5 Å². The van der Waals surface area contributed by atoms with Crippen molar-refractivity contribution in [2.45, 2.75) is 56.7 Å². The van der Waals surface area contributed by atoms with Gasteiger partial charge in [0.2, 0.25) is 0 Å². The van der Waals surface area contributed by atoms with E-state index in [2.05, 4.69) is 37.5 Å². The molecule has 1 saturated carbocycles. The van der Waals surface area contributed by atoms with Crippen LogP contribution in [-0.2, 0) is 22.3 Å². The van der Waals surface area contributed by atoms with E-state index >= 15 is 0 Å². The average Bonchev–Trinajstić information content (AvgIpc) is 3.15. The van der Waals surface area contributed by atoms with Crippen molar-refractivity contribution in [1.82, 2.24) is 38.6 Å². The molecular weight excluding hydrogens is 464 g/mol. The molecule has 10 nitrogen and oxygen atoms in total. The molecule has 3 fully saturated rings. The molecular formula is C24H38N8O2S. The zero-order valence-corrected chi connectivity index (χ0v) is 21.8. The van der Waals surface area contributed by atoms with Crippen LogP contribution in [0.4, 0.5) is 0 Å². The zero-order chi connectivity index (χ0) is 24.5. The minimum absolute atomic E-state index is 0.383. The molecule has 2 aromatic rings. The normalized spacial score (nSPS) is 23.3. The second-order valence-electron chi connectivity index (χ2n) is 10.3. The molecule has 2 aliphatic heterocycles. The third-order valence-electron chi connectivity index (χ3n) is 8.19. The number of rotatable bonds is 7. The fourth-order valence-corrected chi connectivity index (χ4v) is 6.99. The lowest BCUT2D eigenvalue weighted by molar-refractivity contribution is 0.0246. The maximum absolute atomic E-state index is 12.9. The Kier molecular flexibility index (Phi) is 7.23. The summed E-state index contributed by atoms with van der Waals surface area (Å²) in [5, 5.41) is 13.1. The van der Waals surface area contributed by atoms with Crippen molar-refractivity contribution in [1.29, 1.82) is 0 Å². The summed E-state index contributed by atoms with van der Waals surface area (Å²) in [7, 11) is -0.253. The maximum atomic E-state index is 12.9. The summed E-state index contributed by atoms with van der Waals surface area (Å²) in [4.78, 5) is 5.23. The van der Waals surface area contributed by atoms with Gasteiger partial charge in [-0.05, 0) is 54.6 Å². The van der Waals surface area contributed by atoms with Crippen LogP contribution in [0.2, 0.25) is 0 Å². The molecule has 0 amide bonds. The predicted octanol–water partition coefficient (Wildman–Crippen LogP) is 1.38. The third-order valence-corrected chi connectivity index (χ3v) is 10.1. The monoisotopic (exact) mass is 502 g/mol. The highest BCUT2D eigenvalue weighted by molar-refractivity contribution is 7.86. The van der Waals surface area contributed by atoms with Crippen molar-refractivity contribution < 1.29 is 8.42 Å². The Balaban J connectivity index is 1.44. The minimum atomic E-state index is -3.45. The average molecular weight is 503 g/mol. The third kappa shape index (κ3) is 4.89. The lowest BCUT2D eigenvalue weighted by Crippen LogP contribution is -2.57. The quantitative estimate of drug-likeness (QED) is 0.565. The summed E-state index contributed by atoms with van der Waals surface area (Å²) in [5.41, 5.74) is 0.766. The van der Waals surface area contributed by atoms with E-state index < -0.39 is 10.2 Å². The van der Waals surface area contributed by atoms with Gasteiger partial charge in [0.1, 0.15) is 0 Å².